The highest BCUT2D eigenvalue weighted by atomic mass is 16.1. The van der Waals surface area contributed by atoms with Crippen LogP contribution in [0, 0.1) is 23.7 Å². The maximum atomic E-state index is 12.3. The third-order valence-electron chi connectivity index (χ3n) is 4.79. The molecule has 0 saturated heterocycles. The molecule has 0 N–H and O–H groups in total. The molecule has 4 atom stereocenters. The first-order valence-electron chi connectivity index (χ1n) is 7.28. The minimum atomic E-state index is 0.0932. The number of allylic oxidation sites excluding steroid dienone is 4. The zero-order valence-electron chi connectivity index (χ0n) is 11.7. The first-order valence-corrected chi connectivity index (χ1v) is 7.28. The fraction of sp³-hybridized carbons (Fsp3) is 0.316. The molecule has 1 aromatic carbocycles. The van der Waals surface area contributed by atoms with Crippen LogP contribution in [0.15, 0.2) is 67.3 Å². The van der Waals surface area contributed by atoms with Gasteiger partial charge in [0.15, 0.2) is 5.78 Å². The molecular weight excluding hydrogens is 244 g/mol. The lowest BCUT2D eigenvalue weighted by Gasteiger charge is -2.28. The molecule has 1 nitrogen and oxygen atoms in total. The maximum Gasteiger partial charge on any atom is 0.159 e. The van der Waals surface area contributed by atoms with Crippen molar-refractivity contribution in [1.29, 1.82) is 0 Å². The van der Waals surface area contributed by atoms with Gasteiger partial charge >= 0.3 is 0 Å². The van der Waals surface area contributed by atoms with E-state index in [1.807, 2.05) is 18.2 Å². The van der Waals surface area contributed by atoms with Crippen LogP contribution in [0.4, 0.5) is 0 Å². The molecule has 0 amide bonds. The van der Waals surface area contributed by atoms with Gasteiger partial charge in [0.25, 0.3) is 0 Å². The van der Waals surface area contributed by atoms with Crippen LogP contribution in [0.2, 0.25) is 0 Å². The van der Waals surface area contributed by atoms with Crippen molar-refractivity contribution in [3.63, 3.8) is 0 Å². The lowest BCUT2D eigenvalue weighted by atomic mass is 9.75. The van der Waals surface area contributed by atoms with E-state index in [4.69, 9.17) is 0 Å². The van der Waals surface area contributed by atoms with Gasteiger partial charge in [-0.3, -0.25) is 4.79 Å². The topological polar surface area (TPSA) is 17.1 Å². The monoisotopic (exact) mass is 264 g/mol. The highest BCUT2D eigenvalue weighted by molar-refractivity contribution is 5.94. The van der Waals surface area contributed by atoms with Gasteiger partial charge in [0.05, 0.1) is 0 Å². The summed E-state index contributed by atoms with van der Waals surface area (Å²) in [6, 6.07) is 10.5. The van der Waals surface area contributed by atoms with Crippen LogP contribution in [0.1, 0.15) is 12.0 Å². The van der Waals surface area contributed by atoms with Crippen LogP contribution in [0.5, 0.6) is 0 Å². The van der Waals surface area contributed by atoms with Crippen LogP contribution in [0.25, 0.3) is 0 Å². The summed E-state index contributed by atoms with van der Waals surface area (Å²) in [5, 5.41) is 0. The Morgan fingerprint density at radius 1 is 1.15 bits per heavy atom. The molecule has 2 aliphatic carbocycles. The average molecular weight is 264 g/mol. The maximum absolute atomic E-state index is 12.3. The van der Waals surface area contributed by atoms with Gasteiger partial charge < -0.3 is 0 Å². The summed E-state index contributed by atoms with van der Waals surface area (Å²) in [5.41, 5.74) is 2.41. The Bertz CT molecular complexity index is 567. The van der Waals surface area contributed by atoms with Crippen molar-refractivity contribution in [3.8, 4) is 0 Å². The first-order chi connectivity index (χ1) is 9.70. The van der Waals surface area contributed by atoms with Crippen LogP contribution in [-0.2, 0) is 11.2 Å². The van der Waals surface area contributed by atoms with Gasteiger partial charge in [-0.15, -0.1) is 6.58 Å². The SMILES string of the molecule is C=C[C@@H]1C[C@@H](Cc2ccccc2)[C@@H]2C(=O)C=CC(=C)[C@H]21. The van der Waals surface area contributed by atoms with Gasteiger partial charge in [-0.1, -0.05) is 54.6 Å². The van der Waals surface area contributed by atoms with E-state index in [0.29, 0.717) is 11.8 Å². The summed E-state index contributed by atoms with van der Waals surface area (Å²) in [7, 11) is 0. The lowest BCUT2D eigenvalue weighted by Crippen LogP contribution is -2.29. The molecule has 20 heavy (non-hydrogen) atoms. The number of benzene rings is 1. The van der Waals surface area contributed by atoms with Gasteiger partial charge in [-0.2, -0.15) is 0 Å². The highest BCUT2D eigenvalue weighted by Gasteiger charge is 2.46. The van der Waals surface area contributed by atoms with Crippen molar-refractivity contribution >= 4 is 5.78 Å². The quantitative estimate of drug-likeness (QED) is 0.755. The van der Waals surface area contributed by atoms with Gasteiger partial charge in [0, 0.05) is 5.92 Å². The van der Waals surface area contributed by atoms with E-state index in [0.717, 1.165) is 18.4 Å². The normalized spacial score (nSPS) is 32.2. The molecule has 1 saturated carbocycles. The van der Waals surface area contributed by atoms with Gasteiger partial charge in [0.2, 0.25) is 0 Å². The Kier molecular flexibility index (Phi) is 3.43. The second-order valence-electron chi connectivity index (χ2n) is 5.95. The molecule has 0 radical (unpaired) electrons. The lowest BCUT2D eigenvalue weighted by molar-refractivity contribution is -0.120. The second kappa shape index (κ2) is 5.24. The zero-order chi connectivity index (χ0) is 14.1. The Labute approximate surface area is 120 Å². The minimum absolute atomic E-state index is 0.0932. The molecule has 1 fully saturated rings. The number of rotatable bonds is 3. The number of carbonyl (C=O) groups is 1. The predicted octanol–water partition coefficient (Wildman–Crippen LogP) is 3.98. The van der Waals surface area contributed by atoms with Gasteiger partial charge in [-0.05, 0) is 42.2 Å². The standard InChI is InChI=1S/C19H20O/c1-3-15-12-16(11-14-7-5-4-6-8-14)19-17(20)10-9-13(2)18(15)19/h3-10,15-16,18-19H,1-2,11-12H2/t15-,16-,18+,19-/m1/s1. The number of hydrogen-bond donors (Lipinski definition) is 0. The number of fused-ring (bicyclic) bond motifs is 1. The smallest absolute Gasteiger partial charge is 0.159 e. The minimum Gasteiger partial charge on any atom is -0.295 e. The highest BCUT2D eigenvalue weighted by Crippen LogP contribution is 2.49. The Hall–Kier alpha value is -1.89. The number of carbonyl (C=O) groups excluding carboxylic acids is 1. The zero-order valence-corrected chi connectivity index (χ0v) is 11.7. The van der Waals surface area contributed by atoms with Gasteiger partial charge in [0.1, 0.15) is 0 Å². The molecule has 0 spiro atoms. The third kappa shape index (κ3) is 2.18. The summed E-state index contributed by atoms with van der Waals surface area (Å²) in [6.07, 6.45) is 7.64. The van der Waals surface area contributed by atoms with Crippen molar-refractivity contribution in [2.75, 3.05) is 0 Å². The van der Waals surface area contributed by atoms with Gasteiger partial charge in [-0.25, -0.2) is 0 Å². The van der Waals surface area contributed by atoms with Crippen molar-refractivity contribution in [2.45, 2.75) is 12.8 Å². The van der Waals surface area contributed by atoms with Crippen LogP contribution in [-0.4, -0.2) is 5.78 Å². The van der Waals surface area contributed by atoms with Crippen molar-refractivity contribution in [3.05, 3.63) is 72.9 Å². The Morgan fingerprint density at radius 2 is 1.90 bits per heavy atom. The summed E-state index contributed by atoms with van der Waals surface area (Å²) in [6.45, 7) is 8.10. The molecule has 0 aromatic heterocycles. The molecule has 3 rings (SSSR count). The van der Waals surface area contributed by atoms with E-state index in [1.54, 1.807) is 6.08 Å². The molecule has 0 aliphatic heterocycles. The van der Waals surface area contributed by atoms with Crippen LogP contribution < -0.4 is 0 Å². The van der Waals surface area contributed by atoms with Crippen molar-refractivity contribution in [1.82, 2.24) is 0 Å². The van der Waals surface area contributed by atoms with Crippen LogP contribution in [0.3, 0.4) is 0 Å². The van der Waals surface area contributed by atoms with Crippen molar-refractivity contribution in [2.24, 2.45) is 23.7 Å². The molecule has 102 valence electrons. The third-order valence-corrected chi connectivity index (χ3v) is 4.79. The van der Waals surface area contributed by atoms with E-state index in [1.165, 1.54) is 5.56 Å². The van der Waals surface area contributed by atoms with Crippen molar-refractivity contribution < 1.29 is 4.79 Å². The first kappa shape index (κ1) is 13.1. The fourth-order valence-corrected chi connectivity index (χ4v) is 3.90. The van der Waals surface area contributed by atoms with E-state index >= 15 is 0 Å². The average Bonchev–Trinajstić information content (AvgIpc) is 2.84. The molecule has 0 bridgehead atoms. The molecule has 0 unspecified atom stereocenters. The predicted molar refractivity (Wildman–Crippen MR) is 82.2 cm³/mol. The second-order valence-corrected chi connectivity index (χ2v) is 5.95. The molecular formula is C19H20O. The molecule has 1 aromatic rings. The Balaban J connectivity index is 1.89. The summed E-state index contributed by atoms with van der Waals surface area (Å²) >= 11 is 0. The van der Waals surface area contributed by atoms with E-state index in [9.17, 15) is 4.79 Å². The van der Waals surface area contributed by atoms with E-state index in [2.05, 4.69) is 37.4 Å². The van der Waals surface area contributed by atoms with E-state index < -0.39 is 0 Å². The molecule has 0 heterocycles. The number of ketones is 1. The summed E-state index contributed by atoms with van der Waals surface area (Å²) < 4.78 is 0. The summed E-state index contributed by atoms with van der Waals surface area (Å²) in [5.74, 6) is 1.41. The van der Waals surface area contributed by atoms with E-state index in [-0.39, 0.29) is 17.6 Å². The summed E-state index contributed by atoms with van der Waals surface area (Å²) in [4.78, 5) is 12.3. The molecule has 2 aliphatic rings. The largest absolute Gasteiger partial charge is 0.295 e. The molecule has 1 heteroatoms. The van der Waals surface area contributed by atoms with Crippen LogP contribution >= 0.6 is 0 Å². The number of hydrogen-bond acceptors (Lipinski definition) is 1. The fourth-order valence-electron chi connectivity index (χ4n) is 3.90. The Morgan fingerprint density at radius 3 is 2.60 bits per heavy atom.